The van der Waals surface area contributed by atoms with Gasteiger partial charge >= 0.3 is 5.69 Å². The molecule has 0 atom stereocenters. The highest BCUT2D eigenvalue weighted by Gasteiger charge is 2.17. The number of aromatic nitrogens is 4. The molecular formula is C13H21N5O3. The molecule has 8 heteroatoms. The third-order valence-corrected chi connectivity index (χ3v) is 3.52. The Labute approximate surface area is 122 Å². The number of aryl methyl sites for hydroxylation is 2. The average molecular weight is 295 g/mol. The van der Waals surface area contributed by atoms with Crippen LogP contribution in [0.1, 0.15) is 12.2 Å². The van der Waals surface area contributed by atoms with E-state index < -0.39 is 0 Å². The number of methoxy groups -OCH3 is 1. The summed E-state index contributed by atoms with van der Waals surface area (Å²) in [6.45, 7) is 1.54. The number of imidazole rings is 1. The fourth-order valence-corrected chi connectivity index (χ4v) is 2.36. The van der Waals surface area contributed by atoms with E-state index >= 15 is 0 Å². The van der Waals surface area contributed by atoms with Crippen LogP contribution in [0.3, 0.4) is 0 Å². The third kappa shape index (κ3) is 2.64. The van der Waals surface area contributed by atoms with E-state index in [4.69, 9.17) is 4.74 Å². The van der Waals surface area contributed by atoms with Crippen LogP contribution in [0, 0.1) is 0 Å². The van der Waals surface area contributed by atoms with Crippen molar-refractivity contribution in [3.63, 3.8) is 0 Å². The Morgan fingerprint density at radius 1 is 1.24 bits per heavy atom. The first-order valence-corrected chi connectivity index (χ1v) is 6.81. The van der Waals surface area contributed by atoms with Crippen LogP contribution < -0.4 is 16.6 Å². The monoisotopic (exact) mass is 295 g/mol. The van der Waals surface area contributed by atoms with Crippen molar-refractivity contribution in [2.24, 2.45) is 14.1 Å². The van der Waals surface area contributed by atoms with Gasteiger partial charge in [0.25, 0.3) is 5.56 Å². The van der Waals surface area contributed by atoms with Gasteiger partial charge in [-0.05, 0) is 13.5 Å². The number of hydrogen-bond acceptors (Lipinski definition) is 5. The van der Waals surface area contributed by atoms with Crippen LogP contribution in [-0.4, -0.2) is 39.4 Å². The smallest absolute Gasteiger partial charge is 0.332 e. The lowest BCUT2D eigenvalue weighted by molar-refractivity contribution is 0.190. The van der Waals surface area contributed by atoms with Gasteiger partial charge < -0.3 is 14.6 Å². The van der Waals surface area contributed by atoms with E-state index in [1.54, 1.807) is 18.7 Å². The van der Waals surface area contributed by atoms with E-state index in [0.717, 1.165) is 10.4 Å². The van der Waals surface area contributed by atoms with Crippen molar-refractivity contribution in [1.82, 2.24) is 24.0 Å². The van der Waals surface area contributed by atoms with Crippen LogP contribution in [0.15, 0.2) is 9.59 Å². The van der Waals surface area contributed by atoms with Crippen molar-refractivity contribution in [2.45, 2.75) is 19.5 Å². The second-order valence-electron chi connectivity index (χ2n) is 4.93. The molecule has 116 valence electrons. The van der Waals surface area contributed by atoms with E-state index in [1.165, 1.54) is 11.6 Å². The molecule has 0 saturated heterocycles. The van der Waals surface area contributed by atoms with Gasteiger partial charge in [-0.25, -0.2) is 9.78 Å². The summed E-state index contributed by atoms with van der Waals surface area (Å²) in [5.41, 5.74) is 0.208. The molecule has 2 heterocycles. The van der Waals surface area contributed by atoms with Gasteiger partial charge in [0.05, 0.1) is 6.54 Å². The summed E-state index contributed by atoms with van der Waals surface area (Å²) in [6.07, 6.45) is 0.682. The SMILES string of the molecule is CNCc1nc2c(c(=O)n(C)c(=O)n2CCCOC)n1C. The van der Waals surface area contributed by atoms with Gasteiger partial charge in [-0.3, -0.25) is 13.9 Å². The van der Waals surface area contributed by atoms with Crippen molar-refractivity contribution < 1.29 is 4.74 Å². The summed E-state index contributed by atoms with van der Waals surface area (Å²) in [6, 6.07) is 0. The van der Waals surface area contributed by atoms with Gasteiger partial charge in [-0.1, -0.05) is 0 Å². The van der Waals surface area contributed by atoms with Crippen molar-refractivity contribution >= 4 is 11.2 Å². The Hall–Kier alpha value is -1.93. The van der Waals surface area contributed by atoms with Gasteiger partial charge in [0.1, 0.15) is 5.82 Å². The van der Waals surface area contributed by atoms with Gasteiger partial charge in [-0.15, -0.1) is 0 Å². The Bertz CT molecular complexity index is 756. The number of hydrogen-bond donors (Lipinski definition) is 1. The van der Waals surface area contributed by atoms with Crippen LogP contribution in [0.5, 0.6) is 0 Å². The lowest BCUT2D eigenvalue weighted by Gasteiger charge is -2.08. The summed E-state index contributed by atoms with van der Waals surface area (Å²) in [5, 5.41) is 3.01. The number of rotatable bonds is 6. The molecule has 0 fully saturated rings. The van der Waals surface area contributed by atoms with Crippen LogP contribution in [-0.2, 0) is 31.9 Å². The first-order chi connectivity index (χ1) is 10.0. The van der Waals surface area contributed by atoms with Crippen molar-refractivity contribution in [1.29, 1.82) is 0 Å². The highest BCUT2D eigenvalue weighted by atomic mass is 16.5. The maximum absolute atomic E-state index is 12.3. The molecular weight excluding hydrogens is 274 g/mol. The second kappa shape index (κ2) is 6.23. The molecule has 0 spiro atoms. The number of nitrogens with zero attached hydrogens (tertiary/aromatic N) is 4. The first kappa shape index (κ1) is 15.5. The molecule has 8 nitrogen and oxygen atoms in total. The zero-order chi connectivity index (χ0) is 15.6. The van der Waals surface area contributed by atoms with E-state index in [9.17, 15) is 9.59 Å². The van der Waals surface area contributed by atoms with E-state index in [0.29, 0.717) is 37.3 Å². The Morgan fingerprint density at radius 2 is 1.95 bits per heavy atom. The zero-order valence-corrected chi connectivity index (χ0v) is 12.8. The van der Waals surface area contributed by atoms with Gasteiger partial charge in [0, 0.05) is 34.4 Å². The molecule has 2 aromatic heterocycles. The highest BCUT2D eigenvalue weighted by Crippen LogP contribution is 2.10. The molecule has 0 bridgehead atoms. The second-order valence-corrected chi connectivity index (χ2v) is 4.93. The van der Waals surface area contributed by atoms with Crippen LogP contribution >= 0.6 is 0 Å². The quantitative estimate of drug-likeness (QED) is 0.705. The molecule has 2 aromatic rings. The van der Waals surface area contributed by atoms with Crippen molar-refractivity contribution in [3.05, 3.63) is 26.7 Å². The fraction of sp³-hybridized carbons (Fsp3) is 0.615. The summed E-state index contributed by atoms with van der Waals surface area (Å²) < 4.78 is 9.42. The van der Waals surface area contributed by atoms with Crippen LogP contribution in [0.25, 0.3) is 11.2 Å². The third-order valence-electron chi connectivity index (χ3n) is 3.52. The summed E-state index contributed by atoms with van der Waals surface area (Å²) in [4.78, 5) is 29.1. The molecule has 0 unspecified atom stereocenters. The minimum absolute atomic E-state index is 0.324. The standard InChI is InChI=1S/C13H21N5O3/c1-14-8-9-15-11-10(16(9)2)12(19)17(3)13(20)18(11)6-5-7-21-4/h14H,5-8H2,1-4H3. The van der Waals surface area contributed by atoms with Gasteiger partial charge in [0.15, 0.2) is 11.2 Å². The van der Waals surface area contributed by atoms with E-state index in [2.05, 4.69) is 10.3 Å². The molecule has 0 radical (unpaired) electrons. The Morgan fingerprint density at radius 3 is 2.57 bits per heavy atom. The molecule has 2 rings (SSSR count). The molecule has 0 aliphatic rings. The Balaban J connectivity index is 2.69. The van der Waals surface area contributed by atoms with Gasteiger partial charge in [-0.2, -0.15) is 0 Å². The molecule has 0 saturated carbocycles. The zero-order valence-electron chi connectivity index (χ0n) is 12.8. The van der Waals surface area contributed by atoms with Crippen molar-refractivity contribution in [2.75, 3.05) is 20.8 Å². The molecule has 0 aliphatic heterocycles. The molecule has 0 aliphatic carbocycles. The minimum atomic E-state index is -0.349. The molecule has 1 N–H and O–H groups in total. The Kier molecular flexibility index (Phi) is 4.59. The lowest BCUT2D eigenvalue weighted by Crippen LogP contribution is -2.38. The normalized spacial score (nSPS) is 11.4. The van der Waals surface area contributed by atoms with Crippen molar-refractivity contribution in [3.8, 4) is 0 Å². The minimum Gasteiger partial charge on any atom is -0.385 e. The highest BCUT2D eigenvalue weighted by molar-refractivity contribution is 5.71. The topological polar surface area (TPSA) is 83.1 Å². The molecule has 0 amide bonds. The van der Waals surface area contributed by atoms with E-state index in [-0.39, 0.29) is 11.2 Å². The largest absolute Gasteiger partial charge is 0.385 e. The predicted molar refractivity (Wildman–Crippen MR) is 79.5 cm³/mol. The summed E-state index contributed by atoms with van der Waals surface area (Å²) in [5.74, 6) is 0.718. The number of fused-ring (bicyclic) bond motifs is 1. The molecule has 0 aromatic carbocycles. The van der Waals surface area contributed by atoms with Crippen LogP contribution in [0.2, 0.25) is 0 Å². The summed E-state index contributed by atoms with van der Waals surface area (Å²) >= 11 is 0. The van der Waals surface area contributed by atoms with Crippen LogP contribution in [0.4, 0.5) is 0 Å². The maximum atomic E-state index is 12.3. The predicted octanol–water partition coefficient (Wildman–Crippen LogP) is -0.810. The maximum Gasteiger partial charge on any atom is 0.332 e. The average Bonchev–Trinajstić information content (AvgIpc) is 2.78. The summed E-state index contributed by atoms with van der Waals surface area (Å²) in [7, 11) is 6.70. The lowest BCUT2D eigenvalue weighted by atomic mass is 10.4. The first-order valence-electron chi connectivity index (χ1n) is 6.81. The number of nitrogens with one attached hydrogen (secondary N) is 1. The van der Waals surface area contributed by atoms with E-state index in [1.807, 2.05) is 7.05 Å². The number of ether oxygens (including phenoxy) is 1. The van der Waals surface area contributed by atoms with Gasteiger partial charge in [0.2, 0.25) is 0 Å². The fourth-order valence-electron chi connectivity index (χ4n) is 2.36. The molecule has 21 heavy (non-hydrogen) atoms.